The fourth-order valence-electron chi connectivity index (χ4n) is 2.10. The number of aryl methyl sites for hydroxylation is 1. The Morgan fingerprint density at radius 1 is 0.955 bits per heavy atom. The Balaban J connectivity index is 2.34. The van der Waals surface area contributed by atoms with E-state index in [4.69, 9.17) is 5.11 Å². The Morgan fingerprint density at radius 3 is 2.23 bits per heavy atom. The normalized spacial score (nSPS) is 10.2. The smallest absolute Gasteiger partial charge is 0.305 e. The SMILES string of the molecule is COC(=O)CCCCc1ccc(C(=O)CCCC(=O)O)cc1. The minimum atomic E-state index is -0.880. The molecule has 22 heavy (non-hydrogen) atoms. The van der Waals surface area contributed by atoms with Crippen molar-refractivity contribution in [1.82, 2.24) is 0 Å². The lowest BCUT2D eigenvalue weighted by Crippen LogP contribution is -2.02. The monoisotopic (exact) mass is 306 g/mol. The van der Waals surface area contributed by atoms with Gasteiger partial charge in [0.1, 0.15) is 0 Å². The molecule has 0 radical (unpaired) electrons. The van der Waals surface area contributed by atoms with E-state index in [0.29, 0.717) is 18.4 Å². The molecule has 0 bridgehead atoms. The Hall–Kier alpha value is -2.17. The summed E-state index contributed by atoms with van der Waals surface area (Å²) in [5, 5.41) is 8.55. The molecule has 0 unspecified atom stereocenters. The highest BCUT2D eigenvalue weighted by Gasteiger charge is 2.07. The molecule has 5 nitrogen and oxygen atoms in total. The highest BCUT2D eigenvalue weighted by atomic mass is 16.5. The number of Topliss-reactive ketones (excluding diaryl/α,β-unsaturated/α-hetero) is 1. The maximum absolute atomic E-state index is 11.9. The van der Waals surface area contributed by atoms with E-state index >= 15 is 0 Å². The van der Waals surface area contributed by atoms with Gasteiger partial charge in [0.25, 0.3) is 0 Å². The van der Waals surface area contributed by atoms with Gasteiger partial charge in [-0.1, -0.05) is 24.3 Å². The quantitative estimate of drug-likeness (QED) is 0.408. The van der Waals surface area contributed by atoms with Gasteiger partial charge in [-0.3, -0.25) is 14.4 Å². The van der Waals surface area contributed by atoms with E-state index in [-0.39, 0.29) is 24.6 Å². The second-order valence-electron chi connectivity index (χ2n) is 5.15. The summed E-state index contributed by atoms with van der Waals surface area (Å²) < 4.78 is 4.58. The minimum absolute atomic E-state index is 0.0179. The van der Waals surface area contributed by atoms with Crippen molar-refractivity contribution in [3.8, 4) is 0 Å². The van der Waals surface area contributed by atoms with Crippen LogP contribution < -0.4 is 0 Å². The van der Waals surface area contributed by atoms with Crippen LogP contribution >= 0.6 is 0 Å². The molecule has 0 saturated heterocycles. The molecule has 0 aliphatic carbocycles. The summed E-state index contributed by atoms with van der Waals surface area (Å²) in [5.41, 5.74) is 1.73. The molecular weight excluding hydrogens is 284 g/mol. The number of hydrogen-bond acceptors (Lipinski definition) is 4. The van der Waals surface area contributed by atoms with Crippen molar-refractivity contribution >= 4 is 17.7 Å². The number of rotatable bonds is 10. The summed E-state index contributed by atoms with van der Waals surface area (Å²) in [6.45, 7) is 0. The van der Waals surface area contributed by atoms with E-state index in [1.165, 1.54) is 7.11 Å². The van der Waals surface area contributed by atoms with E-state index in [0.717, 1.165) is 24.8 Å². The van der Waals surface area contributed by atoms with Crippen LogP contribution in [-0.2, 0) is 20.7 Å². The van der Waals surface area contributed by atoms with Crippen molar-refractivity contribution in [2.24, 2.45) is 0 Å². The molecule has 0 amide bonds. The average Bonchev–Trinajstić information content (AvgIpc) is 2.51. The molecule has 0 aliphatic heterocycles. The number of aliphatic carboxylic acids is 1. The zero-order chi connectivity index (χ0) is 16.4. The number of carboxylic acids is 1. The van der Waals surface area contributed by atoms with Gasteiger partial charge in [0.2, 0.25) is 0 Å². The fourth-order valence-corrected chi connectivity index (χ4v) is 2.10. The lowest BCUT2D eigenvalue weighted by atomic mass is 10.0. The number of carbonyl (C=O) groups excluding carboxylic acids is 2. The molecule has 5 heteroatoms. The molecule has 1 aromatic rings. The second-order valence-corrected chi connectivity index (χ2v) is 5.15. The predicted octanol–water partition coefficient (Wildman–Crippen LogP) is 3.01. The van der Waals surface area contributed by atoms with Gasteiger partial charge in [0, 0.05) is 24.8 Å². The van der Waals surface area contributed by atoms with Gasteiger partial charge >= 0.3 is 11.9 Å². The number of esters is 1. The summed E-state index contributed by atoms with van der Waals surface area (Å²) in [5.74, 6) is -1.10. The van der Waals surface area contributed by atoms with Crippen LogP contribution in [-0.4, -0.2) is 29.9 Å². The first kappa shape index (κ1) is 17.9. The number of hydrogen-bond donors (Lipinski definition) is 1. The van der Waals surface area contributed by atoms with E-state index in [2.05, 4.69) is 4.74 Å². The Bertz CT molecular complexity index is 504. The third kappa shape index (κ3) is 7.02. The molecule has 0 saturated carbocycles. The largest absolute Gasteiger partial charge is 0.481 e. The molecule has 1 N–H and O–H groups in total. The lowest BCUT2D eigenvalue weighted by molar-refractivity contribution is -0.140. The molecule has 0 atom stereocenters. The molecule has 120 valence electrons. The first-order valence-corrected chi connectivity index (χ1v) is 7.43. The number of ether oxygens (including phenoxy) is 1. The number of benzene rings is 1. The van der Waals surface area contributed by atoms with Crippen molar-refractivity contribution < 1.29 is 24.2 Å². The van der Waals surface area contributed by atoms with Crippen molar-refractivity contribution in [3.63, 3.8) is 0 Å². The number of ketones is 1. The molecule has 1 rings (SSSR count). The van der Waals surface area contributed by atoms with Crippen LogP contribution in [0.5, 0.6) is 0 Å². The molecule has 0 fully saturated rings. The molecular formula is C17H22O5. The van der Waals surface area contributed by atoms with E-state index in [1.54, 1.807) is 12.1 Å². The van der Waals surface area contributed by atoms with Crippen molar-refractivity contribution in [2.45, 2.75) is 44.9 Å². The standard InChI is InChI=1S/C17H22O5/c1-22-17(21)8-3-2-5-13-9-11-14(12-10-13)15(18)6-4-7-16(19)20/h9-12H,2-8H2,1H3,(H,19,20). The second kappa shape index (κ2) is 9.71. The van der Waals surface area contributed by atoms with Crippen LogP contribution in [0.3, 0.4) is 0 Å². The molecule has 1 aromatic carbocycles. The number of methoxy groups -OCH3 is 1. The van der Waals surface area contributed by atoms with Crippen LogP contribution in [0, 0.1) is 0 Å². The maximum atomic E-state index is 11.9. The van der Waals surface area contributed by atoms with Crippen LogP contribution in [0.1, 0.15) is 54.4 Å². The number of unbranched alkanes of at least 4 members (excludes halogenated alkanes) is 1. The number of carbonyl (C=O) groups is 3. The van der Waals surface area contributed by atoms with Gasteiger partial charge < -0.3 is 9.84 Å². The Kier molecular flexibility index (Phi) is 7.89. The first-order chi connectivity index (χ1) is 10.5. The summed E-state index contributed by atoms with van der Waals surface area (Å²) in [4.78, 5) is 33.2. The van der Waals surface area contributed by atoms with Gasteiger partial charge in [-0.05, 0) is 31.2 Å². The highest BCUT2D eigenvalue weighted by molar-refractivity contribution is 5.96. The topological polar surface area (TPSA) is 80.7 Å². The maximum Gasteiger partial charge on any atom is 0.305 e. The molecule has 0 aliphatic rings. The summed E-state index contributed by atoms with van der Waals surface area (Å²) in [7, 11) is 1.38. The zero-order valence-electron chi connectivity index (χ0n) is 12.8. The van der Waals surface area contributed by atoms with E-state index in [1.807, 2.05) is 12.1 Å². The van der Waals surface area contributed by atoms with E-state index in [9.17, 15) is 14.4 Å². The van der Waals surface area contributed by atoms with Gasteiger partial charge in [-0.15, -0.1) is 0 Å². The van der Waals surface area contributed by atoms with Gasteiger partial charge in [-0.2, -0.15) is 0 Å². The van der Waals surface area contributed by atoms with Crippen molar-refractivity contribution in [1.29, 1.82) is 0 Å². The summed E-state index contributed by atoms with van der Waals surface area (Å²) in [6, 6.07) is 7.36. The fraction of sp³-hybridized carbons (Fsp3) is 0.471. The van der Waals surface area contributed by atoms with Crippen LogP contribution in [0.4, 0.5) is 0 Å². The molecule has 0 heterocycles. The van der Waals surface area contributed by atoms with E-state index < -0.39 is 5.97 Å². The van der Waals surface area contributed by atoms with Gasteiger partial charge in [0.15, 0.2) is 5.78 Å². The van der Waals surface area contributed by atoms with Crippen LogP contribution in [0.25, 0.3) is 0 Å². The first-order valence-electron chi connectivity index (χ1n) is 7.43. The molecule has 0 spiro atoms. The Labute approximate surface area is 130 Å². The lowest BCUT2D eigenvalue weighted by Gasteiger charge is -2.04. The third-order valence-electron chi connectivity index (χ3n) is 3.39. The Morgan fingerprint density at radius 2 is 1.64 bits per heavy atom. The third-order valence-corrected chi connectivity index (χ3v) is 3.39. The summed E-state index contributed by atoms with van der Waals surface area (Å²) >= 11 is 0. The van der Waals surface area contributed by atoms with Crippen molar-refractivity contribution in [2.75, 3.05) is 7.11 Å². The number of carboxylic acid groups (broad SMARTS) is 1. The minimum Gasteiger partial charge on any atom is -0.481 e. The predicted molar refractivity (Wildman–Crippen MR) is 81.8 cm³/mol. The van der Waals surface area contributed by atoms with Gasteiger partial charge in [-0.25, -0.2) is 0 Å². The van der Waals surface area contributed by atoms with Crippen LogP contribution in [0.2, 0.25) is 0 Å². The van der Waals surface area contributed by atoms with Crippen LogP contribution in [0.15, 0.2) is 24.3 Å². The van der Waals surface area contributed by atoms with Crippen molar-refractivity contribution in [3.05, 3.63) is 35.4 Å². The highest BCUT2D eigenvalue weighted by Crippen LogP contribution is 2.12. The zero-order valence-corrected chi connectivity index (χ0v) is 12.8. The average molecular weight is 306 g/mol. The van der Waals surface area contributed by atoms with Gasteiger partial charge in [0.05, 0.1) is 7.11 Å². The molecule has 0 aromatic heterocycles. The summed E-state index contributed by atoms with van der Waals surface area (Å²) in [6.07, 6.45) is 3.59.